The van der Waals surface area contributed by atoms with Crippen molar-refractivity contribution in [2.24, 2.45) is 0 Å². The molecule has 0 radical (unpaired) electrons. The Kier molecular flexibility index (Phi) is 3.71. The number of carboxylic acids is 1. The number of rotatable bonds is 4. The van der Waals surface area contributed by atoms with Gasteiger partial charge in [-0.25, -0.2) is 4.79 Å². The van der Waals surface area contributed by atoms with Gasteiger partial charge < -0.3 is 14.7 Å². The van der Waals surface area contributed by atoms with Crippen molar-refractivity contribution >= 4 is 16.7 Å². The summed E-state index contributed by atoms with van der Waals surface area (Å²) >= 11 is 0. The van der Waals surface area contributed by atoms with E-state index in [1.165, 1.54) is 0 Å². The van der Waals surface area contributed by atoms with Crippen molar-refractivity contribution in [2.45, 2.75) is 6.54 Å². The van der Waals surface area contributed by atoms with Gasteiger partial charge in [0.15, 0.2) is 0 Å². The number of methoxy groups -OCH3 is 1. The SMILES string of the molecule is COc1cc(C(=O)O)c(CN(C)C)c2ccccc12. The molecule has 0 heterocycles. The number of hydrogen-bond donors (Lipinski definition) is 1. The van der Waals surface area contributed by atoms with Crippen LogP contribution in [0.4, 0.5) is 0 Å². The Hall–Kier alpha value is -2.07. The number of nitrogens with zero attached hydrogens (tertiary/aromatic N) is 1. The molecule has 100 valence electrons. The van der Waals surface area contributed by atoms with Gasteiger partial charge in [0.25, 0.3) is 0 Å². The molecule has 19 heavy (non-hydrogen) atoms. The van der Waals surface area contributed by atoms with Gasteiger partial charge in [-0.05, 0) is 31.1 Å². The van der Waals surface area contributed by atoms with Crippen LogP contribution in [-0.4, -0.2) is 37.2 Å². The summed E-state index contributed by atoms with van der Waals surface area (Å²) in [4.78, 5) is 13.4. The van der Waals surface area contributed by atoms with Gasteiger partial charge >= 0.3 is 5.97 Å². The zero-order chi connectivity index (χ0) is 14.0. The number of carboxylic acid groups (broad SMARTS) is 1. The molecule has 4 nitrogen and oxygen atoms in total. The van der Waals surface area contributed by atoms with Gasteiger partial charge in [-0.15, -0.1) is 0 Å². The molecular weight excluding hydrogens is 242 g/mol. The lowest BCUT2D eigenvalue weighted by Gasteiger charge is -2.17. The van der Waals surface area contributed by atoms with E-state index in [0.717, 1.165) is 16.3 Å². The molecular formula is C15H17NO3. The first-order valence-electron chi connectivity index (χ1n) is 6.01. The second-order valence-electron chi connectivity index (χ2n) is 4.69. The summed E-state index contributed by atoms with van der Waals surface area (Å²) in [7, 11) is 5.40. The van der Waals surface area contributed by atoms with Gasteiger partial charge in [0, 0.05) is 11.9 Å². The molecule has 0 aliphatic carbocycles. The quantitative estimate of drug-likeness (QED) is 0.917. The third-order valence-electron chi connectivity index (χ3n) is 3.04. The Bertz CT molecular complexity index is 620. The van der Waals surface area contributed by atoms with Crippen molar-refractivity contribution in [3.05, 3.63) is 41.5 Å². The first-order chi connectivity index (χ1) is 9.04. The van der Waals surface area contributed by atoms with Crippen molar-refractivity contribution in [3.63, 3.8) is 0 Å². The van der Waals surface area contributed by atoms with Crippen LogP contribution in [0.1, 0.15) is 15.9 Å². The zero-order valence-electron chi connectivity index (χ0n) is 11.3. The van der Waals surface area contributed by atoms with Crippen molar-refractivity contribution in [1.29, 1.82) is 0 Å². The molecule has 0 unspecified atom stereocenters. The lowest BCUT2D eigenvalue weighted by Crippen LogP contribution is -2.15. The smallest absolute Gasteiger partial charge is 0.336 e. The first kappa shape index (κ1) is 13.4. The van der Waals surface area contributed by atoms with E-state index in [-0.39, 0.29) is 0 Å². The number of aromatic carboxylic acids is 1. The topological polar surface area (TPSA) is 49.8 Å². The fourth-order valence-electron chi connectivity index (χ4n) is 2.25. The number of benzene rings is 2. The van der Waals surface area contributed by atoms with E-state index in [0.29, 0.717) is 17.9 Å². The molecule has 0 fully saturated rings. The number of carbonyl (C=O) groups is 1. The monoisotopic (exact) mass is 259 g/mol. The first-order valence-corrected chi connectivity index (χ1v) is 6.01. The van der Waals surface area contributed by atoms with E-state index in [9.17, 15) is 9.90 Å². The van der Waals surface area contributed by atoms with E-state index < -0.39 is 5.97 Å². The van der Waals surface area contributed by atoms with E-state index in [1.54, 1.807) is 13.2 Å². The van der Waals surface area contributed by atoms with Gasteiger partial charge in [0.2, 0.25) is 0 Å². The Balaban J connectivity index is 2.80. The molecule has 2 aromatic carbocycles. The highest BCUT2D eigenvalue weighted by Crippen LogP contribution is 2.32. The Morgan fingerprint density at radius 1 is 1.26 bits per heavy atom. The Morgan fingerprint density at radius 2 is 1.89 bits per heavy atom. The lowest BCUT2D eigenvalue weighted by molar-refractivity contribution is 0.0695. The predicted molar refractivity (Wildman–Crippen MR) is 74.9 cm³/mol. The minimum absolute atomic E-state index is 0.296. The summed E-state index contributed by atoms with van der Waals surface area (Å²) in [5.74, 6) is -0.337. The summed E-state index contributed by atoms with van der Waals surface area (Å²) in [5, 5.41) is 11.2. The van der Waals surface area contributed by atoms with Crippen LogP contribution >= 0.6 is 0 Å². The van der Waals surface area contributed by atoms with E-state index in [1.807, 2.05) is 43.3 Å². The molecule has 0 aliphatic heterocycles. The highest BCUT2D eigenvalue weighted by Gasteiger charge is 2.17. The van der Waals surface area contributed by atoms with Crippen LogP contribution in [0.3, 0.4) is 0 Å². The average Bonchev–Trinajstić information content (AvgIpc) is 2.38. The molecule has 0 amide bonds. The number of fused-ring (bicyclic) bond motifs is 1. The van der Waals surface area contributed by atoms with E-state index in [4.69, 9.17) is 4.74 Å². The van der Waals surface area contributed by atoms with Gasteiger partial charge in [-0.3, -0.25) is 0 Å². The molecule has 0 saturated carbocycles. The lowest BCUT2D eigenvalue weighted by atomic mass is 9.97. The minimum atomic E-state index is -0.930. The molecule has 2 aromatic rings. The maximum absolute atomic E-state index is 11.4. The second-order valence-corrected chi connectivity index (χ2v) is 4.69. The van der Waals surface area contributed by atoms with Gasteiger partial charge in [-0.1, -0.05) is 24.3 Å². The van der Waals surface area contributed by atoms with Crippen LogP contribution in [0.15, 0.2) is 30.3 Å². The standard InChI is InChI=1S/C15H17NO3/c1-16(2)9-13-10-6-4-5-7-11(10)14(19-3)8-12(13)15(17)18/h4-8H,9H2,1-3H3,(H,17,18). The molecule has 0 aliphatic rings. The average molecular weight is 259 g/mol. The zero-order valence-corrected chi connectivity index (χ0v) is 11.3. The van der Waals surface area contributed by atoms with Crippen molar-refractivity contribution in [2.75, 3.05) is 21.2 Å². The van der Waals surface area contributed by atoms with E-state index >= 15 is 0 Å². The summed E-state index contributed by atoms with van der Waals surface area (Å²) in [6, 6.07) is 9.31. The number of ether oxygens (including phenoxy) is 1. The Labute approximate surface area is 112 Å². The van der Waals surface area contributed by atoms with Crippen LogP contribution in [-0.2, 0) is 6.54 Å². The van der Waals surface area contributed by atoms with Crippen molar-refractivity contribution < 1.29 is 14.6 Å². The van der Waals surface area contributed by atoms with Crippen LogP contribution in [0.5, 0.6) is 5.75 Å². The molecule has 0 aromatic heterocycles. The summed E-state index contributed by atoms with van der Waals surface area (Å²) in [5.41, 5.74) is 1.11. The van der Waals surface area contributed by atoms with Gasteiger partial charge in [0.1, 0.15) is 5.75 Å². The maximum atomic E-state index is 11.4. The van der Waals surface area contributed by atoms with Crippen LogP contribution in [0, 0.1) is 0 Å². The summed E-state index contributed by atoms with van der Waals surface area (Å²) < 4.78 is 5.30. The van der Waals surface area contributed by atoms with Crippen LogP contribution in [0.25, 0.3) is 10.8 Å². The molecule has 0 saturated heterocycles. The van der Waals surface area contributed by atoms with Crippen molar-refractivity contribution in [3.8, 4) is 5.75 Å². The molecule has 0 spiro atoms. The maximum Gasteiger partial charge on any atom is 0.336 e. The predicted octanol–water partition coefficient (Wildman–Crippen LogP) is 2.61. The van der Waals surface area contributed by atoms with Crippen molar-refractivity contribution in [1.82, 2.24) is 4.90 Å². The normalized spacial score (nSPS) is 10.9. The highest BCUT2D eigenvalue weighted by atomic mass is 16.5. The minimum Gasteiger partial charge on any atom is -0.496 e. The summed E-state index contributed by atoms with van der Waals surface area (Å²) in [6.45, 7) is 0.576. The third kappa shape index (κ3) is 2.53. The fraction of sp³-hybridized carbons (Fsp3) is 0.267. The van der Waals surface area contributed by atoms with Gasteiger partial charge in [-0.2, -0.15) is 0 Å². The van der Waals surface area contributed by atoms with Gasteiger partial charge in [0.05, 0.1) is 12.7 Å². The largest absolute Gasteiger partial charge is 0.496 e. The van der Waals surface area contributed by atoms with Crippen LogP contribution < -0.4 is 4.74 Å². The molecule has 0 atom stereocenters. The molecule has 0 bridgehead atoms. The molecule has 1 N–H and O–H groups in total. The van der Waals surface area contributed by atoms with Crippen LogP contribution in [0.2, 0.25) is 0 Å². The Morgan fingerprint density at radius 3 is 2.42 bits per heavy atom. The molecule has 2 rings (SSSR count). The molecule has 4 heteroatoms. The highest BCUT2D eigenvalue weighted by molar-refractivity contribution is 6.00. The van der Waals surface area contributed by atoms with E-state index in [2.05, 4.69) is 0 Å². The summed E-state index contributed by atoms with van der Waals surface area (Å²) in [6.07, 6.45) is 0. The second kappa shape index (κ2) is 5.28. The third-order valence-corrected chi connectivity index (χ3v) is 3.04. The fourth-order valence-corrected chi connectivity index (χ4v) is 2.25. The number of hydrogen-bond acceptors (Lipinski definition) is 3.